The number of rotatable bonds is 7. The lowest BCUT2D eigenvalue weighted by atomic mass is 10.0. The molecule has 0 spiro atoms. The summed E-state index contributed by atoms with van der Waals surface area (Å²) >= 11 is 1.61. The van der Waals surface area contributed by atoms with Crippen molar-refractivity contribution in [2.75, 3.05) is 12.3 Å². The van der Waals surface area contributed by atoms with Gasteiger partial charge in [0.1, 0.15) is 5.82 Å². The van der Waals surface area contributed by atoms with Crippen LogP contribution < -0.4 is 11.1 Å². The van der Waals surface area contributed by atoms with Crippen molar-refractivity contribution in [1.29, 1.82) is 0 Å². The molecule has 0 fully saturated rings. The predicted octanol–water partition coefficient (Wildman–Crippen LogP) is 4.75. The molecule has 0 bridgehead atoms. The summed E-state index contributed by atoms with van der Waals surface area (Å²) in [5, 5.41) is 7.12. The second kappa shape index (κ2) is 8.91. The third-order valence-electron chi connectivity index (χ3n) is 5.58. The van der Waals surface area contributed by atoms with Crippen LogP contribution in [-0.4, -0.2) is 32.0 Å². The number of nitrogens with one attached hydrogen (secondary N) is 2. The monoisotopic (exact) mass is 456 g/mol. The zero-order valence-electron chi connectivity index (χ0n) is 18.2. The predicted molar refractivity (Wildman–Crippen MR) is 135 cm³/mol. The first-order chi connectivity index (χ1) is 16.1. The van der Waals surface area contributed by atoms with E-state index in [1.165, 1.54) is 0 Å². The number of hydrogen-bond donors (Lipinski definition) is 3. The number of carbonyl (C=O) groups excluding carboxylic acids is 1. The summed E-state index contributed by atoms with van der Waals surface area (Å²) in [7, 11) is 0. The number of carbonyl (C=O) groups is 1. The third kappa shape index (κ3) is 4.38. The van der Waals surface area contributed by atoms with Gasteiger partial charge in [-0.15, -0.1) is 11.3 Å². The number of aromatic nitrogens is 4. The van der Waals surface area contributed by atoms with Gasteiger partial charge in [-0.25, -0.2) is 9.97 Å². The van der Waals surface area contributed by atoms with E-state index in [2.05, 4.69) is 56.8 Å². The van der Waals surface area contributed by atoms with E-state index in [0.29, 0.717) is 12.4 Å². The summed E-state index contributed by atoms with van der Waals surface area (Å²) in [4.78, 5) is 24.0. The number of pyridine rings is 1. The standard InChI is InChI=1S/C25H24N6OS/c1-16-11-19-12-17(3-5-21(19)30-16)20-14-33-24-18(13-29-25(26)23(20)24)4-6-22(32)28-7-2-9-31-10-8-27-15-31/h3-6,8,10-15,30H,2,7,9H2,1H3,(H2,26,29)(H,28,32). The van der Waals surface area contributed by atoms with Crippen LogP contribution in [0.25, 0.3) is 38.2 Å². The molecule has 1 amide bonds. The van der Waals surface area contributed by atoms with E-state index in [0.717, 1.165) is 56.3 Å². The second-order valence-electron chi connectivity index (χ2n) is 7.99. The second-order valence-corrected chi connectivity index (χ2v) is 8.86. The average Bonchev–Trinajstić information content (AvgIpc) is 3.55. The lowest BCUT2D eigenvalue weighted by molar-refractivity contribution is -0.116. The van der Waals surface area contributed by atoms with E-state index >= 15 is 0 Å². The first-order valence-electron chi connectivity index (χ1n) is 10.8. The lowest BCUT2D eigenvalue weighted by Crippen LogP contribution is -2.22. The summed E-state index contributed by atoms with van der Waals surface area (Å²) in [5.74, 6) is 0.364. The van der Waals surface area contributed by atoms with Gasteiger partial charge in [0, 0.05) is 75.6 Å². The summed E-state index contributed by atoms with van der Waals surface area (Å²) in [5.41, 5.74) is 11.6. The number of nitrogens with zero attached hydrogens (tertiary/aromatic N) is 3. The minimum atomic E-state index is -0.129. The Morgan fingerprint density at radius 1 is 1.33 bits per heavy atom. The van der Waals surface area contributed by atoms with Gasteiger partial charge in [-0.2, -0.15) is 0 Å². The van der Waals surface area contributed by atoms with E-state index in [1.807, 2.05) is 10.8 Å². The fourth-order valence-corrected chi connectivity index (χ4v) is 5.06. The van der Waals surface area contributed by atoms with E-state index in [9.17, 15) is 4.79 Å². The fourth-order valence-electron chi connectivity index (χ4n) is 3.98. The molecule has 1 aromatic carbocycles. The van der Waals surface area contributed by atoms with Crippen LogP contribution in [0.3, 0.4) is 0 Å². The Kier molecular flexibility index (Phi) is 5.66. The molecule has 0 unspecified atom stereocenters. The van der Waals surface area contributed by atoms with Crippen molar-refractivity contribution in [3.63, 3.8) is 0 Å². The van der Waals surface area contributed by atoms with Crippen molar-refractivity contribution in [1.82, 2.24) is 24.8 Å². The van der Waals surface area contributed by atoms with Gasteiger partial charge >= 0.3 is 0 Å². The highest BCUT2D eigenvalue weighted by atomic mass is 32.1. The Morgan fingerprint density at radius 3 is 3.09 bits per heavy atom. The molecule has 0 radical (unpaired) electrons. The number of thiophene rings is 1. The highest BCUT2D eigenvalue weighted by molar-refractivity contribution is 7.18. The van der Waals surface area contributed by atoms with E-state index in [-0.39, 0.29) is 5.91 Å². The summed E-state index contributed by atoms with van der Waals surface area (Å²) in [6, 6.07) is 8.49. The number of fused-ring (bicyclic) bond motifs is 2. The van der Waals surface area contributed by atoms with Crippen molar-refractivity contribution in [2.24, 2.45) is 0 Å². The molecule has 0 atom stereocenters. The summed E-state index contributed by atoms with van der Waals surface area (Å²) < 4.78 is 3.01. The summed E-state index contributed by atoms with van der Waals surface area (Å²) in [6.45, 7) is 3.47. The Labute approximate surface area is 195 Å². The van der Waals surface area contributed by atoms with Crippen LogP contribution in [0.4, 0.5) is 5.82 Å². The van der Waals surface area contributed by atoms with Gasteiger partial charge in [-0.1, -0.05) is 6.07 Å². The van der Waals surface area contributed by atoms with Crippen molar-refractivity contribution < 1.29 is 4.79 Å². The van der Waals surface area contributed by atoms with Crippen LogP contribution >= 0.6 is 11.3 Å². The number of nitrogen functional groups attached to an aromatic ring is 1. The molecule has 0 aliphatic heterocycles. The van der Waals surface area contributed by atoms with Gasteiger partial charge in [-0.05, 0) is 48.6 Å². The summed E-state index contributed by atoms with van der Waals surface area (Å²) in [6.07, 6.45) is 11.3. The number of hydrogen-bond acceptors (Lipinski definition) is 5. The zero-order valence-corrected chi connectivity index (χ0v) is 19.0. The van der Waals surface area contributed by atoms with Gasteiger partial charge in [0.25, 0.3) is 0 Å². The maximum Gasteiger partial charge on any atom is 0.244 e. The van der Waals surface area contributed by atoms with Crippen LogP contribution in [0.1, 0.15) is 17.7 Å². The normalized spacial score (nSPS) is 11.7. The first-order valence-corrected chi connectivity index (χ1v) is 11.6. The molecule has 7 nitrogen and oxygen atoms in total. The number of aryl methyl sites for hydroxylation is 2. The fraction of sp³-hybridized carbons (Fsp3) is 0.160. The lowest BCUT2D eigenvalue weighted by Gasteiger charge is -2.05. The maximum absolute atomic E-state index is 12.3. The molecule has 5 rings (SSSR count). The van der Waals surface area contributed by atoms with Crippen molar-refractivity contribution >= 4 is 50.1 Å². The Morgan fingerprint density at radius 2 is 2.24 bits per heavy atom. The molecule has 4 N–H and O–H groups in total. The molecule has 0 saturated heterocycles. The average molecular weight is 457 g/mol. The number of H-pyrrole nitrogens is 1. The van der Waals surface area contributed by atoms with Crippen LogP contribution in [0.15, 0.2) is 60.6 Å². The Balaban J connectivity index is 1.34. The van der Waals surface area contributed by atoms with E-state index in [1.54, 1.807) is 42.2 Å². The largest absolute Gasteiger partial charge is 0.383 e. The zero-order chi connectivity index (χ0) is 22.8. The van der Waals surface area contributed by atoms with Gasteiger partial charge in [0.05, 0.1) is 6.33 Å². The highest BCUT2D eigenvalue weighted by Crippen LogP contribution is 2.39. The molecule has 0 aliphatic rings. The van der Waals surface area contributed by atoms with Crippen LogP contribution in [0.2, 0.25) is 0 Å². The van der Waals surface area contributed by atoms with Crippen LogP contribution in [0.5, 0.6) is 0 Å². The van der Waals surface area contributed by atoms with E-state index < -0.39 is 0 Å². The van der Waals surface area contributed by atoms with Crippen molar-refractivity contribution in [3.05, 3.63) is 71.9 Å². The topological polar surface area (TPSA) is 102 Å². The number of nitrogens with two attached hydrogens (primary N) is 1. The number of amides is 1. The molecule has 166 valence electrons. The molecule has 8 heteroatoms. The SMILES string of the molecule is Cc1cc2cc(-c3csc4c(C=CC(=O)NCCCn5ccnc5)cnc(N)c34)ccc2[nH]1. The molecular formula is C25H24N6OS. The van der Waals surface area contributed by atoms with Crippen molar-refractivity contribution in [2.45, 2.75) is 19.9 Å². The Bertz CT molecular complexity index is 1460. The number of benzene rings is 1. The smallest absolute Gasteiger partial charge is 0.244 e. The Hall–Kier alpha value is -3.91. The molecule has 5 aromatic rings. The molecule has 4 heterocycles. The maximum atomic E-state index is 12.3. The number of aromatic amines is 1. The van der Waals surface area contributed by atoms with Gasteiger partial charge in [-0.3, -0.25) is 4.79 Å². The molecule has 4 aromatic heterocycles. The highest BCUT2D eigenvalue weighted by Gasteiger charge is 2.14. The van der Waals surface area contributed by atoms with Gasteiger partial charge < -0.3 is 20.6 Å². The minimum Gasteiger partial charge on any atom is -0.383 e. The van der Waals surface area contributed by atoms with E-state index in [4.69, 9.17) is 5.73 Å². The van der Waals surface area contributed by atoms with Crippen molar-refractivity contribution in [3.8, 4) is 11.1 Å². The quantitative estimate of drug-likeness (QED) is 0.243. The molecule has 0 aliphatic carbocycles. The molecular weight excluding hydrogens is 432 g/mol. The third-order valence-corrected chi connectivity index (χ3v) is 6.61. The number of anilines is 1. The van der Waals surface area contributed by atoms with Crippen LogP contribution in [0, 0.1) is 6.92 Å². The van der Waals surface area contributed by atoms with Crippen LogP contribution in [-0.2, 0) is 11.3 Å². The molecule has 33 heavy (non-hydrogen) atoms. The minimum absolute atomic E-state index is 0.129. The van der Waals surface area contributed by atoms with Gasteiger partial charge in [0.2, 0.25) is 5.91 Å². The number of imidazole rings is 1. The first kappa shape index (κ1) is 21.0. The molecule has 0 saturated carbocycles. The van der Waals surface area contributed by atoms with Gasteiger partial charge in [0.15, 0.2) is 0 Å².